The number of pyridine rings is 2. The number of carbonyl (C=O) groups excluding carboxylic acids is 13. The van der Waals surface area contributed by atoms with Crippen molar-refractivity contribution in [2.45, 2.75) is 233 Å². The minimum atomic E-state index is -2.02. The highest BCUT2D eigenvalue weighted by Crippen LogP contribution is 2.74. The monoisotopic (exact) mass is 1930 g/mol. The lowest BCUT2D eigenvalue weighted by molar-refractivity contribution is -0.929. The van der Waals surface area contributed by atoms with Gasteiger partial charge in [-0.3, -0.25) is 77.0 Å². The lowest BCUT2D eigenvalue weighted by Crippen LogP contribution is -2.63. The molecule has 0 spiro atoms. The Kier molecular flexibility index (Phi) is 30.0. The number of hydrogen-bond donors (Lipinski definition) is 9. The molecule has 4 bridgehead atoms. The summed E-state index contributed by atoms with van der Waals surface area (Å²) in [4.78, 5) is 205. The van der Waals surface area contributed by atoms with Gasteiger partial charge in [-0.05, 0) is 94.5 Å². The molecule has 6 fully saturated rings. The first kappa shape index (κ1) is 97.0. The normalized spacial score (nSPS) is 25.0. The molecule has 0 radical (unpaired) electrons. The Hall–Kier alpha value is -9.55. The number of halogens is 2. The van der Waals surface area contributed by atoms with Gasteiger partial charge in [-0.1, -0.05) is 61.6 Å². The van der Waals surface area contributed by atoms with Crippen molar-refractivity contribution in [2.75, 3.05) is 112 Å². The molecule has 6 saturated heterocycles. The van der Waals surface area contributed by atoms with Crippen molar-refractivity contribution < 1.29 is 93.0 Å². The van der Waals surface area contributed by atoms with E-state index >= 15 is 4.39 Å². The number of ether oxygens (including phenoxy) is 2. The Morgan fingerprint density at radius 3 is 1.59 bits per heavy atom. The molecular formula is C91H122FIN17O17S2+3. The quantitative estimate of drug-likeness (QED) is 0.00591. The van der Waals surface area contributed by atoms with Crippen LogP contribution in [-0.2, 0) is 105 Å². The fourth-order valence-electron chi connectivity index (χ4n) is 19.1. The van der Waals surface area contributed by atoms with Crippen LogP contribution in [0.5, 0.6) is 5.75 Å². The zero-order chi connectivity index (χ0) is 93.1. The second-order valence-electron chi connectivity index (χ2n) is 36.9. The SMILES string of the molecule is CCN1CCC([N+](C)(C)Cc2ccc(NC(=O)[C@H](C)NC(=O)CCCNC(=O)[C@H]3NC(=O)CCCN4C(=O)CC(SC5(C)C(C)(SC6CC(=O)N(CCCC(=O)N[C@@H]3C(=O)NCCCC(=O)N[C@@H](C)C(=O)Nc3ccc(C[N+](C)(C)C7CCN(Cc8c9c(nc%10cc(F)c(OC)cc8%10)-c8cc%10c(c(=O)n8C9)COC(=O)[C@]%10(O)CC)CC7)cc3)C6=O)[N+]5(C)I)C4=O)cc2)CC1. The third-order valence-electron chi connectivity index (χ3n) is 27.6. The van der Waals surface area contributed by atoms with Crippen LogP contribution in [0.25, 0.3) is 22.3 Å². The van der Waals surface area contributed by atoms with Gasteiger partial charge in [0.25, 0.3) is 28.4 Å². The molecule has 10 heterocycles. The maximum absolute atomic E-state index is 15.5. The predicted molar refractivity (Wildman–Crippen MR) is 491 cm³/mol. The maximum Gasteiger partial charge on any atom is 0.343 e. The lowest BCUT2D eigenvalue weighted by Gasteiger charge is -2.43. The molecule has 12 amide bonds. The summed E-state index contributed by atoms with van der Waals surface area (Å²) in [7, 11) is 12.2. The van der Waals surface area contributed by atoms with Crippen LogP contribution in [0.15, 0.2) is 71.5 Å². The van der Waals surface area contributed by atoms with Gasteiger partial charge in [-0.25, -0.2) is 16.9 Å². The Morgan fingerprint density at radius 2 is 1.14 bits per heavy atom. The highest BCUT2D eigenvalue weighted by atomic mass is 127. The van der Waals surface area contributed by atoms with Gasteiger partial charge in [0.1, 0.15) is 43.9 Å². The number of rotatable bonds is 27. The zero-order valence-corrected chi connectivity index (χ0v) is 79.3. The Labute approximate surface area is 772 Å². The van der Waals surface area contributed by atoms with Crippen LogP contribution >= 0.6 is 46.4 Å². The van der Waals surface area contributed by atoms with E-state index in [0.717, 1.165) is 101 Å². The molecule has 8 aliphatic heterocycles. The van der Waals surface area contributed by atoms with E-state index in [4.69, 9.17) is 14.5 Å². The molecular weight excluding hydrogens is 1810 g/mol. The molecule has 5 aromatic rings. The summed E-state index contributed by atoms with van der Waals surface area (Å²) < 4.78 is 29.6. The molecule has 38 heteroatoms. The van der Waals surface area contributed by atoms with Gasteiger partial charge >= 0.3 is 5.97 Å². The average Bonchev–Trinajstić information content (AvgIpc) is 1.48. The van der Waals surface area contributed by atoms with Crippen LogP contribution in [0.3, 0.4) is 0 Å². The molecule has 8 aliphatic rings. The van der Waals surface area contributed by atoms with E-state index in [1.54, 1.807) is 35.8 Å². The molecule has 129 heavy (non-hydrogen) atoms. The van der Waals surface area contributed by atoms with Crippen molar-refractivity contribution in [3.8, 4) is 17.1 Å². The number of aliphatic hydroxyl groups is 1. The van der Waals surface area contributed by atoms with Crippen LogP contribution in [0.1, 0.15) is 171 Å². The summed E-state index contributed by atoms with van der Waals surface area (Å²) in [6.45, 7) is 16.5. The maximum atomic E-state index is 15.5. The Morgan fingerprint density at radius 1 is 0.674 bits per heavy atom. The smallest absolute Gasteiger partial charge is 0.343 e. The number of hydrogen-bond acceptors (Lipinski definition) is 22. The first-order valence-electron chi connectivity index (χ1n) is 44.7. The molecule has 0 aliphatic carbocycles. The number of methoxy groups -OCH3 is 1. The first-order valence-corrected chi connectivity index (χ1v) is 47.4. The van der Waals surface area contributed by atoms with E-state index < -0.39 is 138 Å². The van der Waals surface area contributed by atoms with E-state index in [-0.39, 0.29) is 133 Å². The fraction of sp³-hybridized carbons (Fsp3) is 0.571. The number of anilines is 2. The summed E-state index contributed by atoms with van der Waals surface area (Å²) >= 11 is 4.92. The van der Waals surface area contributed by atoms with Gasteiger partial charge in [-0.15, -0.1) is 0 Å². The molecule has 9 N–H and O–H groups in total. The van der Waals surface area contributed by atoms with Crippen LogP contribution in [0.4, 0.5) is 15.8 Å². The molecule has 2 aromatic heterocycles. The Bertz CT molecular complexity index is 5200. The average molecular weight is 1940 g/mol. The van der Waals surface area contributed by atoms with E-state index in [1.807, 2.05) is 57.3 Å². The van der Waals surface area contributed by atoms with Crippen LogP contribution in [0.2, 0.25) is 0 Å². The van der Waals surface area contributed by atoms with Crippen molar-refractivity contribution in [3.63, 3.8) is 0 Å². The number of imide groups is 2. The van der Waals surface area contributed by atoms with Gasteiger partial charge in [0.2, 0.25) is 80.6 Å². The number of aromatic nitrogens is 2. The summed E-state index contributed by atoms with van der Waals surface area (Å²) in [5, 5.41) is 32.3. The number of likely N-dealkylation sites (N-methyl/N-ethyl adjacent to an activating group) is 1. The zero-order valence-electron chi connectivity index (χ0n) is 75.6. The highest BCUT2D eigenvalue weighted by Gasteiger charge is 2.86. The van der Waals surface area contributed by atoms with E-state index in [0.29, 0.717) is 60.0 Å². The number of thioether (sulfide) groups is 2. The number of esters is 1. The predicted octanol–water partition coefficient (Wildman–Crippen LogP) is 5.42. The van der Waals surface area contributed by atoms with Gasteiger partial charge < -0.3 is 75.5 Å². The molecule has 34 nitrogen and oxygen atoms in total. The summed E-state index contributed by atoms with van der Waals surface area (Å²) in [6, 6.07) is 14.8. The van der Waals surface area contributed by atoms with E-state index in [9.17, 15) is 72.2 Å². The number of amides is 12. The third kappa shape index (κ3) is 20.9. The second-order valence-corrected chi connectivity index (χ2v) is 42.0. The number of likely N-dealkylation sites (tertiary alicyclic amines) is 2. The van der Waals surface area contributed by atoms with Crippen molar-refractivity contribution in [1.82, 2.24) is 61.1 Å². The number of benzene rings is 3. The van der Waals surface area contributed by atoms with Gasteiger partial charge in [0, 0.05) is 182 Å². The van der Waals surface area contributed by atoms with Gasteiger partial charge in [0.15, 0.2) is 17.2 Å². The van der Waals surface area contributed by atoms with E-state index in [1.165, 1.54) is 50.5 Å². The number of carbonyl (C=O) groups is 13. The van der Waals surface area contributed by atoms with Crippen molar-refractivity contribution in [3.05, 3.63) is 116 Å². The number of piperidine rings is 2. The van der Waals surface area contributed by atoms with Crippen LogP contribution in [-0.4, -0.2) is 281 Å². The summed E-state index contributed by atoms with van der Waals surface area (Å²) in [5.41, 5.74) is 4.05. The van der Waals surface area contributed by atoms with Gasteiger partial charge in [-0.2, -0.15) is 0 Å². The van der Waals surface area contributed by atoms with Crippen molar-refractivity contribution in [1.29, 1.82) is 0 Å². The molecule has 696 valence electrons. The van der Waals surface area contributed by atoms with Gasteiger partial charge in [0.05, 0.1) is 93.9 Å². The first-order chi connectivity index (χ1) is 61.1. The number of quaternary nitrogens is 3. The molecule has 10 atom stereocenters. The molecule has 13 rings (SSSR count). The number of nitrogens with zero attached hydrogens (tertiary/aromatic N) is 9. The number of cyclic esters (lactones) is 1. The summed E-state index contributed by atoms with van der Waals surface area (Å²) in [5.74, 6) is -8.76. The van der Waals surface area contributed by atoms with E-state index in [2.05, 4.69) is 110 Å². The lowest BCUT2D eigenvalue weighted by atomic mass is 9.86. The number of nitrogens with one attached hydrogen (secondary N) is 8. The highest BCUT2D eigenvalue weighted by molar-refractivity contribution is 14.1. The standard InChI is InChI=1S/C91H119FIN17O17S2/c1-13-91(125)65-44-68-78-63(49-107(68)85(121)64(65)52-127-88(91)124)62(61-43-69(126-12)66(92)45-67(61)100-78)48-104-41-33-60(34-42-104)109(9,10)51-56-25-29-58(30-26-56)99-82(118)54(4)97-73(112)20-16-36-95-84(120)80-79(83(119)94-35-15-19-72(111)96-53(3)81(117)98-57-27-23-55(24-28-57)50-108(7,8)59-31-39-103(14-2)40-32-59)101-74(113)21-17-37-105-76(115)46-70(86(105)122)128-89(5)90(6,110(89,11)93)129-71-47-77(116)106(87(71)123)38-18-22-75(114)102-80/h23-30,43-45,53-54,59-60,70-71,79-80,125H,13-22,31-42,46-52H2,1-12H3,(H5-3,94,95,96,97,98,99,101,102,111,112,113,114,117,118,119,120)/p+3/t53-,54-,70?,71?,79-,80-,89?,90?,91-,110?/m0/s1. The second kappa shape index (κ2) is 39.9. The summed E-state index contributed by atoms with van der Waals surface area (Å²) in [6.07, 6.45) is 2.45. The Balaban J connectivity index is 0.610. The van der Waals surface area contributed by atoms with Crippen LogP contribution < -0.4 is 52.8 Å². The third-order valence-corrected chi connectivity index (χ3v) is 34.1. The topological polar surface area (TPSA) is 405 Å². The minimum Gasteiger partial charge on any atom is -0.494 e. The number of fused-ring (bicyclic) bond motifs is 10. The largest absolute Gasteiger partial charge is 0.494 e. The minimum absolute atomic E-state index is 0.00871. The van der Waals surface area contributed by atoms with Crippen molar-refractivity contribution >= 4 is 146 Å². The molecule has 5 unspecified atom stereocenters. The van der Waals surface area contributed by atoms with Crippen molar-refractivity contribution in [2.24, 2.45) is 0 Å². The molecule has 3 aromatic carbocycles. The molecule has 0 saturated carbocycles. The van der Waals surface area contributed by atoms with Crippen LogP contribution in [0, 0.1) is 5.82 Å². The fourth-order valence-corrected chi connectivity index (χ4v) is 24.8.